The summed E-state index contributed by atoms with van der Waals surface area (Å²) >= 11 is 5.88. The van der Waals surface area contributed by atoms with Gasteiger partial charge in [-0.05, 0) is 46.4 Å². The number of thiophene rings is 1. The van der Waals surface area contributed by atoms with Crippen LogP contribution < -0.4 is 5.32 Å². The third-order valence-electron chi connectivity index (χ3n) is 2.69. The molecule has 0 aliphatic rings. The summed E-state index contributed by atoms with van der Waals surface area (Å²) in [5.41, 5.74) is 0.722. The van der Waals surface area contributed by atoms with E-state index in [0.29, 0.717) is 4.90 Å². The average molecular weight is 396 g/mol. The highest BCUT2D eigenvalue weighted by Gasteiger charge is 2.27. The zero-order valence-corrected chi connectivity index (χ0v) is 14.3. The summed E-state index contributed by atoms with van der Waals surface area (Å²) in [6.45, 7) is 1.99. The first kappa shape index (κ1) is 16.7. The number of para-hydroxylation sites is 1. The molecule has 1 nitrogen and oxygen atoms in total. The van der Waals surface area contributed by atoms with Gasteiger partial charge in [0, 0.05) is 19.9 Å². The minimum Gasteiger partial charge on any atom is -0.377 e. The molecule has 2 aromatic rings. The standard InChI is InChI=1S/C14H13BrF3NS2/c1-9(13-10(15)6-7-20-13)19-11-4-2-3-5-12(11)21-8-14(16,17)18/h2-7,9,19H,8H2,1H3. The van der Waals surface area contributed by atoms with Crippen molar-refractivity contribution in [3.05, 3.63) is 45.1 Å². The molecule has 2 rings (SSSR count). The predicted octanol–water partition coefficient (Wildman–Crippen LogP) is 6.34. The quantitative estimate of drug-likeness (QED) is 0.592. The molecule has 21 heavy (non-hydrogen) atoms. The van der Waals surface area contributed by atoms with Gasteiger partial charge in [-0.15, -0.1) is 23.1 Å². The van der Waals surface area contributed by atoms with Gasteiger partial charge in [-0.2, -0.15) is 13.2 Å². The zero-order chi connectivity index (χ0) is 15.5. The van der Waals surface area contributed by atoms with Crippen LogP contribution in [0.25, 0.3) is 0 Å². The molecule has 1 aromatic carbocycles. The highest BCUT2D eigenvalue weighted by molar-refractivity contribution is 9.10. The van der Waals surface area contributed by atoms with Gasteiger partial charge in [-0.1, -0.05) is 12.1 Å². The van der Waals surface area contributed by atoms with Gasteiger partial charge in [0.1, 0.15) is 0 Å². The summed E-state index contributed by atoms with van der Waals surface area (Å²) in [6.07, 6.45) is -4.17. The first-order valence-corrected chi connectivity index (χ1v) is 8.80. The molecule has 114 valence electrons. The maximum absolute atomic E-state index is 12.4. The SMILES string of the molecule is CC(Nc1ccccc1SCC(F)(F)F)c1sccc1Br. The Labute approximate surface area is 138 Å². The van der Waals surface area contributed by atoms with Gasteiger partial charge in [-0.3, -0.25) is 0 Å². The molecule has 7 heteroatoms. The first-order chi connectivity index (χ1) is 9.87. The molecule has 0 fully saturated rings. The number of thioether (sulfide) groups is 1. The summed E-state index contributed by atoms with van der Waals surface area (Å²) in [6, 6.07) is 9.05. The normalized spacial score (nSPS) is 13.2. The van der Waals surface area contributed by atoms with E-state index in [4.69, 9.17) is 0 Å². The fourth-order valence-electron chi connectivity index (χ4n) is 1.78. The number of halogens is 4. The molecular formula is C14H13BrF3NS2. The van der Waals surface area contributed by atoms with Crippen LogP contribution in [-0.2, 0) is 0 Å². The summed E-state index contributed by atoms with van der Waals surface area (Å²) in [5, 5.41) is 5.26. The lowest BCUT2D eigenvalue weighted by Gasteiger charge is -2.18. The van der Waals surface area contributed by atoms with Crippen molar-refractivity contribution in [1.29, 1.82) is 0 Å². The van der Waals surface area contributed by atoms with Crippen LogP contribution in [-0.4, -0.2) is 11.9 Å². The molecule has 0 amide bonds. The van der Waals surface area contributed by atoms with E-state index < -0.39 is 11.9 Å². The topological polar surface area (TPSA) is 12.0 Å². The van der Waals surface area contributed by atoms with E-state index in [1.54, 1.807) is 29.5 Å². The Bertz CT molecular complexity index is 598. The van der Waals surface area contributed by atoms with Crippen molar-refractivity contribution in [2.75, 3.05) is 11.1 Å². The maximum Gasteiger partial charge on any atom is 0.398 e. The van der Waals surface area contributed by atoms with E-state index in [1.165, 1.54) is 0 Å². The second kappa shape index (κ2) is 7.07. The second-order valence-electron chi connectivity index (χ2n) is 4.40. The van der Waals surface area contributed by atoms with E-state index in [0.717, 1.165) is 26.8 Å². The Hall–Kier alpha value is -0.660. The average Bonchev–Trinajstić information content (AvgIpc) is 2.83. The maximum atomic E-state index is 12.4. The van der Waals surface area contributed by atoms with Crippen molar-refractivity contribution in [3.8, 4) is 0 Å². The van der Waals surface area contributed by atoms with E-state index in [2.05, 4.69) is 21.2 Å². The Balaban J connectivity index is 2.11. The van der Waals surface area contributed by atoms with Crippen LogP contribution in [0.3, 0.4) is 0 Å². The number of nitrogens with one attached hydrogen (secondary N) is 1. The van der Waals surface area contributed by atoms with Crippen molar-refractivity contribution in [2.24, 2.45) is 0 Å². The minimum atomic E-state index is -4.17. The van der Waals surface area contributed by atoms with Gasteiger partial charge < -0.3 is 5.32 Å². The number of hydrogen-bond donors (Lipinski definition) is 1. The molecule has 0 saturated heterocycles. The third kappa shape index (κ3) is 4.93. The summed E-state index contributed by atoms with van der Waals surface area (Å²) in [5.74, 6) is -0.886. The van der Waals surface area contributed by atoms with Crippen LogP contribution in [0.4, 0.5) is 18.9 Å². The number of hydrogen-bond acceptors (Lipinski definition) is 3. The van der Waals surface area contributed by atoms with Crippen LogP contribution in [0.15, 0.2) is 45.1 Å². The highest BCUT2D eigenvalue weighted by Crippen LogP contribution is 2.36. The van der Waals surface area contributed by atoms with Crippen LogP contribution in [0, 0.1) is 0 Å². The van der Waals surface area contributed by atoms with Gasteiger partial charge in [0.05, 0.1) is 11.8 Å². The number of benzene rings is 1. The molecule has 0 saturated carbocycles. The van der Waals surface area contributed by atoms with Crippen molar-refractivity contribution in [3.63, 3.8) is 0 Å². The van der Waals surface area contributed by atoms with Crippen LogP contribution in [0.2, 0.25) is 0 Å². The zero-order valence-electron chi connectivity index (χ0n) is 11.1. The largest absolute Gasteiger partial charge is 0.398 e. The first-order valence-electron chi connectivity index (χ1n) is 6.15. The molecule has 0 radical (unpaired) electrons. The fourth-order valence-corrected chi connectivity index (χ4v) is 4.29. The molecule has 1 heterocycles. The van der Waals surface area contributed by atoms with E-state index in [9.17, 15) is 13.2 Å². The third-order valence-corrected chi connectivity index (χ3v) is 5.88. The number of alkyl halides is 3. The van der Waals surface area contributed by atoms with Gasteiger partial charge in [0.25, 0.3) is 0 Å². The molecule has 0 bridgehead atoms. The lowest BCUT2D eigenvalue weighted by atomic mass is 10.2. The molecule has 1 atom stereocenters. The van der Waals surface area contributed by atoms with Gasteiger partial charge in [-0.25, -0.2) is 0 Å². The molecule has 0 spiro atoms. The molecule has 0 aliphatic carbocycles. The molecular weight excluding hydrogens is 383 g/mol. The monoisotopic (exact) mass is 395 g/mol. The Morgan fingerprint density at radius 1 is 1.29 bits per heavy atom. The Kier molecular flexibility index (Phi) is 5.62. The summed E-state index contributed by atoms with van der Waals surface area (Å²) in [4.78, 5) is 1.72. The highest BCUT2D eigenvalue weighted by atomic mass is 79.9. The summed E-state index contributed by atoms with van der Waals surface area (Å²) < 4.78 is 38.1. The summed E-state index contributed by atoms with van der Waals surface area (Å²) in [7, 11) is 0. The van der Waals surface area contributed by atoms with Gasteiger partial charge >= 0.3 is 6.18 Å². The van der Waals surface area contributed by atoms with Crippen LogP contribution in [0.5, 0.6) is 0 Å². The minimum absolute atomic E-state index is 0.0204. The van der Waals surface area contributed by atoms with E-state index >= 15 is 0 Å². The van der Waals surface area contributed by atoms with Crippen molar-refractivity contribution in [1.82, 2.24) is 0 Å². The fraction of sp³-hybridized carbons (Fsp3) is 0.286. The van der Waals surface area contributed by atoms with Crippen LogP contribution in [0.1, 0.15) is 17.8 Å². The van der Waals surface area contributed by atoms with E-state index in [1.807, 2.05) is 24.4 Å². The molecule has 1 N–H and O–H groups in total. The lowest BCUT2D eigenvalue weighted by Crippen LogP contribution is -2.11. The lowest BCUT2D eigenvalue weighted by molar-refractivity contribution is -0.105. The smallest absolute Gasteiger partial charge is 0.377 e. The van der Waals surface area contributed by atoms with E-state index in [-0.39, 0.29) is 6.04 Å². The molecule has 1 unspecified atom stereocenters. The van der Waals surface area contributed by atoms with Gasteiger partial charge in [0.15, 0.2) is 0 Å². The number of rotatable bonds is 5. The Morgan fingerprint density at radius 3 is 2.62 bits per heavy atom. The van der Waals surface area contributed by atoms with Gasteiger partial charge in [0.2, 0.25) is 0 Å². The molecule has 1 aromatic heterocycles. The predicted molar refractivity (Wildman–Crippen MR) is 87.3 cm³/mol. The van der Waals surface area contributed by atoms with Crippen molar-refractivity contribution >= 4 is 44.7 Å². The number of anilines is 1. The van der Waals surface area contributed by atoms with Crippen LogP contribution >= 0.6 is 39.0 Å². The van der Waals surface area contributed by atoms with Crippen molar-refractivity contribution < 1.29 is 13.2 Å². The second-order valence-corrected chi connectivity index (χ2v) is 7.22. The van der Waals surface area contributed by atoms with Crippen molar-refractivity contribution in [2.45, 2.75) is 24.0 Å². The molecule has 0 aliphatic heterocycles. The Morgan fingerprint density at radius 2 is 2.00 bits per heavy atom.